The summed E-state index contributed by atoms with van der Waals surface area (Å²) < 4.78 is 5.36. The summed E-state index contributed by atoms with van der Waals surface area (Å²) in [4.78, 5) is 25.5. The largest absolute Gasteiger partial charge is 0.478 e. The van der Waals surface area contributed by atoms with Gasteiger partial charge in [0.2, 0.25) is 5.91 Å². The Morgan fingerprint density at radius 3 is 2.75 bits per heavy atom. The molecule has 0 aliphatic rings. The first-order valence-corrected chi connectivity index (χ1v) is 6.94. The van der Waals surface area contributed by atoms with Crippen molar-refractivity contribution in [2.24, 2.45) is 0 Å². The van der Waals surface area contributed by atoms with Crippen molar-refractivity contribution in [2.45, 2.75) is 19.9 Å². The van der Waals surface area contributed by atoms with Gasteiger partial charge in [-0.1, -0.05) is 6.07 Å². The SMILES string of the molecule is Cc1oc(CN(C)C(=O)Cc2cccs2)cc1C(=O)O. The van der Waals surface area contributed by atoms with Crippen LogP contribution < -0.4 is 0 Å². The minimum Gasteiger partial charge on any atom is -0.478 e. The number of carbonyl (C=O) groups is 2. The minimum absolute atomic E-state index is 0.0293. The molecule has 20 heavy (non-hydrogen) atoms. The van der Waals surface area contributed by atoms with Crippen LogP contribution in [-0.2, 0) is 17.8 Å². The molecular weight excluding hydrogens is 278 g/mol. The van der Waals surface area contributed by atoms with Gasteiger partial charge in [0, 0.05) is 11.9 Å². The van der Waals surface area contributed by atoms with Crippen LogP contribution in [0.4, 0.5) is 0 Å². The smallest absolute Gasteiger partial charge is 0.339 e. The normalized spacial score (nSPS) is 10.5. The highest BCUT2D eigenvalue weighted by atomic mass is 32.1. The lowest BCUT2D eigenvalue weighted by Gasteiger charge is -2.15. The second-order valence-electron chi connectivity index (χ2n) is 4.49. The number of nitrogens with zero attached hydrogens (tertiary/aromatic N) is 1. The number of aromatic carboxylic acids is 1. The van der Waals surface area contributed by atoms with E-state index in [-0.39, 0.29) is 18.0 Å². The summed E-state index contributed by atoms with van der Waals surface area (Å²) in [6.45, 7) is 1.86. The number of hydrogen-bond acceptors (Lipinski definition) is 4. The molecule has 0 atom stereocenters. The summed E-state index contributed by atoms with van der Waals surface area (Å²) in [6.07, 6.45) is 0.347. The van der Waals surface area contributed by atoms with Crippen LogP contribution in [0.2, 0.25) is 0 Å². The van der Waals surface area contributed by atoms with Gasteiger partial charge >= 0.3 is 5.97 Å². The Kier molecular flexibility index (Phi) is 4.24. The van der Waals surface area contributed by atoms with Gasteiger partial charge in [-0.25, -0.2) is 4.79 Å². The number of likely N-dealkylation sites (N-methyl/N-ethyl adjacent to an activating group) is 1. The summed E-state index contributed by atoms with van der Waals surface area (Å²) in [5.74, 6) is -0.225. The van der Waals surface area contributed by atoms with E-state index in [2.05, 4.69) is 0 Å². The zero-order chi connectivity index (χ0) is 14.7. The number of carboxylic acid groups (broad SMARTS) is 1. The second-order valence-corrected chi connectivity index (χ2v) is 5.53. The summed E-state index contributed by atoms with van der Waals surface area (Å²) in [6, 6.07) is 5.28. The number of hydrogen-bond donors (Lipinski definition) is 1. The monoisotopic (exact) mass is 293 g/mol. The molecule has 106 valence electrons. The Labute approximate surface area is 120 Å². The molecule has 5 nitrogen and oxygen atoms in total. The molecule has 1 amide bonds. The van der Waals surface area contributed by atoms with Crippen molar-refractivity contribution in [3.05, 3.63) is 45.5 Å². The Hall–Kier alpha value is -2.08. The van der Waals surface area contributed by atoms with E-state index < -0.39 is 5.97 Å². The van der Waals surface area contributed by atoms with Crippen LogP contribution >= 0.6 is 11.3 Å². The van der Waals surface area contributed by atoms with Crippen LogP contribution in [-0.4, -0.2) is 28.9 Å². The summed E-state index contributed by atoms with van der Waals surface area (Å²) in [7, 11) is 1.67. The van der Waals surface area contributed by atoms with Crippen molar-refractivity contribution < 1.29 is 19.1 Å². The fourth-order valence-electron chi connectivity index (χ4n) is 1.85. The third kappa shape index (κ3) is 3.27. The Morgan fingerprint density at radius 2 is 2.20 bits per heavy atom. The molecule has 0 fully saturated rings. The molecule has 2 rings (SSSR count). The molecule has 0 aromatic carbocycles. The molecular formula is C14H15NO4S. The molecule has 2 aromatic rings. The number of amides is 1. The number of thiophene rings is 1. The first kappa shape index (κ1) is 14.3. The average Bonchev–Trinajstić information content (AvgIpc) is 2.98. The lowest BCUT2D eigenvalue weighted by Crippen LogP contribution is -2.27. The van der Waals surface area contributed by atoms with Gasteiger partial charge in [-0.2, -0.15) is 0 Å². The van der Waals surface area contributed by atoms with Gasteiger partial charge in [0.15, 0.2) is 0 Å². The van der Waals surface area contributed by atoms with E-state index in [1.54, 1.807) is 14.0 Å². The zero-order valence-corrected chi connectivity index (χ0v) is 12.1. The molecule has 2 heterocycles. The van der Waals surface area contributed by atoms with Crippen molar-refractivity contribution in [1.29, 1.82) is 0 Å². The first-order chi connectivity index (χ1) is 9.47. The predicted octanol–water partition coefficient (Wildman–Crippen LogP) is 2.55. The van der Waals surface area contributed by atoms with E-state index in [0.717, 1.165) is 4.88 Å². The van der Waals surface area contributed by atoms with Crippen molar-refractivity contribution in [1.82, 2.24) is 4.90 Å². The number of rotatable bonds is 5. The van der Waals surface area contributed by atoms with Crippen LogP contribution in [0.3, 0.4) is 0 Å². The maximum Gasteiger partial charge on any atom is 0.339 e. The molecule has 0 aliphatic heterocycles. The molecule has 6 heteroatoms. The standard InChI is InChI=1S/C14H15NO4S/c1-9-12(14(17)18)6-10(19-9)8-15(2)13(16)7-11-4-3-5-20-11/h3-6H,7-8H2,1-2H3,(H,17,18). The summed E-state index contributed by atoms with van der Waals surface area (Å²) in [5, 5.41) is 10.9. The quantitative estimate of drug-likeness (QED) is 0.919. The van der Waals surface area contributed by atoms with E-state index in [1.807, 2.05) is 17.5 Å². The highest BCUT2D eigenvalue weighted by Crippen LogP contribution is 2.17. The lowest BCUT2D eigenvalue weighted by molar-refractivity contribution is -0.129. The van der Waals surface area contributed by atoms with Crippen LogP contribution in [0.15, 0.2) is 28.0 Å². The fraction of sp³-hybridized carbons (Fsp3) is 0.286. The van der Waals surface area contributed by atoms with Gasteiger partial charge in [-0.3, -0.25) is 4.79 Å². The van der Waals surface area contributed by atoms with Crippen molar-refractivity contribution in [2.75, 3.05) is 7.05 Å². The molecule has 0 saturated heterocycles. The van der Waals surface area contributed by atoms with Crippen LogP contribution in [0.25, 0.3) is 0 Å². The van der Waals surface area contributed by atoms with Gasteiger partial charge in [0.05, 0.1) is 13.0 Å². The first-order valence-electron chi connectivity index (χ1n) is 6.06. The van der Waals surface area contributed by atoms with Crippen LogP contribution in [0.1, 0.15) is 26.8 Å². The van der Waals surface area contributed by atoms with Crippen molar-refractivity contribution >= 4 is 23.2 Å². The van der Waals surface area contributed by atoms with Crippen molar-refractivity contribution in [3.63, 3.8) is 0 Å². The van der Waals surface area contributed by atoms with E-state index in [9.17, 15) is 9.59 Å². The number of carboxylic acids is 1. The van der Waals surface area contributed by atoms with Crippen LogP contribution in [0.5, 0.6) is 0 Å². The predicted molar refractivity (Wildman–Crippen MR) is 74.9 cm³/mol. The fourth-order valence-corrected chi connectivity index (χ4v) is 2.55. The average molecular weight is 293 g/mol. The topological polar surface area (TPSA) is 70.8 Å². The summed E-state index contributed by atoms with van der Waals surface area (Å²) >= 11 is 1.54. The molecule has 0 aliphatic carbocycles. The van der Waals surface area contributed by atoms with Gasteiger partial charge in [0.1, 0.15) is 17.1 Å². The lowest BCUT2D eigenvalue weighted by atomic mass is 10.2. The number of furan rings is 1. The molecule has 1 N–H and O–H groups in total. The molecule has 0 bridgehead atoms. The number of aryl methyl sites for hydroxylation is 1. The Balaban J connectivity index is 2.00. The maximum atomic E-state index is 12.0. The molecule has 0 saturated carbocycles. The summed E-state index contributed by atoms with van der Waals surface area (Å²) in [5.41, 5.74) is 0.138. The molecule has 0 radical (unpaired) electrons. The highest BCUT2D eigenvalue weighted by molar-refractivity contribution is 7.10. The number of carbonyl (C=O) groups excluding carboxylic acids is 1. The van der Waals surface area contributed by atoms with E-state index in [4.69, 9.17) is 9.52 Å². The second kappa shape index (κ2) is 5.92. The Morgan fingerprint density at radius 1 is 1.45 bits per heavy atom. The molecule has 0 spiro atoms. The van der Waals surface area contributed by atoms with E-state index in [1.165, 1.54) is 22.3 Å². The molecule has 0 unspecified atom stereocenters. The Bertz CT molecular complexity index is 615. The van der Waals surface area contributed by atoms with Crippen molar-refractivity contribution in [3.8, 4) is 0 Å². The van der Waals surface area contributed by atoms with Gasteiger partial charge in [-0.15, -0.1) is 11.3 Å². The highest BCUT2D eigenvalue weighted by Gasteiger charge is 2.17. The van der Waals surface area contributed by atoms with Gasteiger partial charge in [0.25, 0.3) is 0 Å². The zero-order valence-electron chi connectivity index (χ0n) is 11.3. The van der Waals surface area contributed by atoms with E-state index >= 15 is 0 Å². The van der Waals surface area contributed by atoms with Gasteiger partial charge in [-0.05, 0) is 24.4 Å². The third-order valence-electron chi connectivity index (χ3n) is 2.92. The van der Waals surface area contributed by atoms with Crippen LogP contribution in [0, 0.1) is 6.92 Å². The van der Waals surface area contributed by atoms with E-state index in [0.29, 0.717) is 17.9 Å². The maximum absolute atomic E-state index is 12.0. The minimum atomic E-state index is -1.02. The third-order valence-corrected chi connectivity index (χ3v) is 3.80. The van der Waals surface area contributed by atoms with Gasteiger partial charge < -0.3 is 14.4 Å². The molecule has 2 aromatic heterocycles.